The van der Waals surface area contributed by atoms with E-state index in [1.165, 1.54) is 12.8 Å². The molecule has 1 saturated carbocycles. The number of allylic oxidation sites excluding steroid dienone is 1. The topological polar surface area (TPSA) is 26.3 Å². The minimum atomic E-state index is -0.459. The van der Waals surface area contributed by atoms with Crippen LogP contribution < -0.4 is 0 Å². The summed E-state index contributed by atoms with van der Waals surface area (Å²) in [5.41, 5.74) is 0.473. The Hall–Kier alpha value is -0.790. The summed E-state index contributed by atoms with van der Waals surface area (Å²) in [6, 6.07) is 0. The predicted octanol–water partition coefficient (Wildman–Crippen LogP) is 4.63. The monoisotopic (exact) mass is 252 g/mol. The van der Waals surface area contributed by atoms with Gasteiger partial charge in [-0.3, -0.25) is 4.79 Å². The summed E-state index contributed by atoms with van der Waals surface area (Å²) in [6.07, 6.45) is 8.19. The van der Waals surface area contributed by atoms with E-state index in [0.29, 0.717) is 0 Å². The summed E-state index contributed by atoms with van der Waals surface area (Å²) in [4.78, 5) is 12.6. The predicted molar refractivity (Wildman–Crippen MR) is 75.4 cm³/mol. The van der Waals surface area contributed by atoms with E-state index in [9.17, 15) is 4.79 Å². The minimum absolute atomic E-state index is 0.0376. The van der Waals surface area contributed by atoms with Crippen LogP contribution in [0.1, 0.15) is 73.1 Å². The number of rotatable bonds is 5. The Balaban J connectivity index is 2.86. The van der Waals surface area contributed by atoms with E-state index in [1.807, 2.05) is 26.8 Å². The molecule has 0 aromatic carbocycles. The largest absolute Gasteiger partial charge is 0.458 e. The molecule has 18 heavy (non-hydrogen) atoms. The van der Waals surface area contributed by atoms with E-state index >= 15 is 0 Å². The molecule has 1 aliphatic rings. The quantitative estimate of drug-likeness (QED) is 0.526. The van der Waals surface area contributed by atoms with Crippen LogP contribution in [-0.2, 0) is 9.53 Å². The van der Waals surface area contributed by atoms with Crippen LogP contribution in [0, 0.1) is 5.41 Å². The van der Waals surface area contributed by atoms with E-state index in [-0.39, 0.29) is 11.6 Å². The van der Waals surface area contributed by atoms with Crippen LogP contribution in [0.25, 0.3) is 0 Å². The summed E-state index contributed by atoms with van der Waals surface area (Å²) in [7, 11) is 0. The maximum absolute atomic E-state index is 12.6. The highest BCUT2D eigenvalue weighted by atomic mass is 16.6. The van der Waals surface area contributed by atoms with Crippen LogP contribution in [0.2, 0.25) is 0 Å². The lowest BCUT2D eigenvalue weighted by atomic mass is 9.80. The number of esters is 1. The first-order valence-electron chi connectivity index (χ1n) is 7.31. The average Bonchev–Trinajstić information content (AvgIpc) is 2.85. The molecule has 2 heteroatoms. The number of carbonyl (C=O) groups is 1. The van der Waals surface area contributed by atoms with Crippen molar-refractivity contribution in [1.29, 1.82) is 0 Å². The normalized spacial score (nSPS) is 22.6. The summed E-state index contributed by atoms with van der Waals surface area (Å²) < 4.78 is 5.95. The first-order chi connectivity index (χ1) is 8.44. The van der Waals surface area contributed by atoms with Crippen LogP contribution in [0.3, 0.4) is 0 Å². The molecular formula is C16H28O2. The van der Waals surface area contributed by atoms with Crippen LogP contribution in [-0.4, -0.2) is 11.6 Å². The fourth-order valence-electron chi connectivity index (χ4n) is 2.76. The van der Waals surface area contributed by atoms with Gasteiger partial charge in [0.1, 0.15) is 5.60 Å². The molecule has 0 heterocycles. The van der Waals surface area contributed by atoms with Gasteiger partial charge < -0.3 is 4.74 Å². The Morgan fingerprint density at radius 3 is 2.28 bits per heavy atom. The standard InChI is InChI=1S/C16H28O2/c1-6-13(4)15(5,7-2)14(17)18-16(8-3)11-9-10-12-16/h6H,7-12H2,1-5H3/b13-6-. The van der Waals surface area contributed by atoms with Crippen molar-refractivity contribution < 1.29 is 9.53 Å². The van der Waals surface area contributed by atoms with Gasteiger partial charge in [-0.2, -0.15) is 0 Å². The average molecular weight is 252 g/mol. The summed E-state index contributed by atoms with van der Waals surface area (Å²) in [5, 5.41) is 0. The van der Waals surface area contributed by atoms with Crippen molar-refractivity contribution in [1.82, 2.24) is 0 Å². The van der Waals surface area contributed by atoms with E-state index < -0.39 is 5.41 Å². The highest BCUT2D eigenvalue weighted by molar-refractivity contribution is 5.80. The molecule has 0 amide bonds. The Kier molecular flexibility index (Phi) is 5.01. The molecule has 1 fully saturated rings. The highest BCUT2D eigenvalue weighted by Crippen LogP contribution is 2.40. The van der Waals surface area contributed by atoms with Gasteiger partial charge in [-0.1, -0.05) is 25.5 Å². The SMILES string of the molecule is C/C=C(/C)C(C)(CC)C(=O)OC1(CC)CCCC1. The van der Waals surface area contributed by atoms with E-state index in [0.717, 1.165) is 31.3 Å². The van der Waals surface area contributed by atoms with Crippen molar-refractivity contribution in [3.63, 3.8) is 0 Å². The molecule has 0 spiro atoms. The Morgan fingerprint density at radius 2 is 1.89 bits per heavy atom. The lowest BCUT2D eigenvalue weighted by molar-refractivity contribution is -0.169. The van der Waals surface area contributed by atoms with Gasteiger partial charge in [0.15, 0.2) is 0 Å². The van der Waals surface area contributed by atoms with Gasteiger partial charge in [-0.05, 0) is 59.3 Å². The first-order valence-corrected chi connectivity index (χ1v) is 7.31. The van der Waals surface area contributed by atoms with Gasteiger partial charge in [0.25, 0.3) is 0 Å². The molecule has 0 saturated heterocycles. The highest BCUT2D eigenvalue weighted by Gasteiger charge is 2.42. The first kappa shape index (κ1) is 15.3. The van der Waals surface area contributed by atoms with Crippen molar-refractivity contribution in [3.8, 4) is 0 Å². The second-order valence-corrected chi connectivity index (χ2v) is 5.79. The molecule has 1 rings (SSSR count). The molecule has 1 unspecified atom stereocenters. The fourth-order valence-corrected chi connectivity index (χ4v) is 2.76. The van der Waals surface area contributed by atoms with Crippen molar-refractivity contribution in [3.05, 3.63) is 11.6 Å². The Labute approximate surface area is 112 Å². The lowest BCUT2D eigenvalue weighted by Crippen LogP contribution is -2.39. The zero-order valence-electron chi connectivity index (χ0n) is 12.6. The number of carbonyl (C=O) groups excluding carboxylic acids is 1. The Morgan fingerprint density at radius 1 is 1.33 bits per heavy atom. The maximum Gasteiger partial charge on any atom is 0.316 e. The Bertz CT molecular complexity index is 324. The zero-order valence-corrected chi connectivity index (χ0v) is 12.6. The van der Waals surface area contributed by atoms with Gasteiger partial charge in [0, 0.05) is 0 Å². The maximum atomic E-state index is 12.6. The number of hydrogen-bond donors (Lipinski definition) is 0. The van der Waals surface area contributed by atoms with Crippen molar-refractivity contribution in [2.45, 2.75) is 78.7 Å². The molecular weight excluding hydrogens is 224 g/mol. The third kappa shape index (κ3) is 2.78. The molecule has 0 aromatic rings. The fraction of sp³-hybridized carbons (Fsp3) is 0.812. The smallest absolute Gasteiger partial charge is 0.316 e. The second kappa shape index (κ2) is 5.90. The number of ether oxygens (including phenoxy) is 1. The molecule has 0 N–H and O–H groups in total. The minimum Gasteiger partial charge on any atom is -0.458 e. The molecule has 0 aromatic heterocycles. The van der Waals surface area contributed by atoms with Gasteiger partial charge in [-0.15, -0.1) is 0 Å². The van der Waals surface area contributed by atoms with Crippen LogP contribution in [0.15, 0.2) is 11.6 Å². The van der Waals surface area contributed by atoms with Crippen LogP contribution >= 0.6 is 0 Å². The number of hydrogen-bond acceptors (Lipinski definition) is 2. The molecule has 0 bridgehead atoms. The lowest BCUT2D eigenvalue weighted by Gasteiger charge is -2.34. The molecule has 1 atom stereocenters. The van der Waals surface area contributed by atoms with E-state index in [4.69, 9.17) is 4.74 Å². The molecule has 1 aliphatic carbocycles. The second-order valence-electron chi connectivity index (χ2n) is 5.79. The summed E-state index contributed by atoms with van der Waals surface area (Å²) >= 11 is 0. The van der Waals surface area contributed by atoms with E-state index in [2.05, 4.69) is 13.8 Å². The van der Waals surface area contributed by atoms with Crippen molar-refractivity contribution in [2.24, 2.45) is 5.41 Å². The molecule has 104 valence electrons. The molecule has 0 aliphatic heterocycles. The van der Waals surface area contributed by atoms with Gasteiger partial charge >= 0.3 is 5.97 Å². The van der Waals surface area contributed by atoms with Crippen molar-refractivity contribution >= 4 is 5.97 Å². The zero-order chi connectivity index (χ0) is 13.8. The third-order valence-corrected chi connectivity index (χ3v) is 4.93. The summed E-state index contributed by atoms with van der Waals surface area (Å²) in [6.45, 7) is 10.2. The van der Waals surface area contributed by atoms with Crippen LogP contribution in [0.4, 0.5) is 0 Å². The van der Waals surface area contributed by atoms with Gasteiger partial charge in [0.2, 0.25) is 0 Å². The molecule has 2 nitrogen and oxygen atoms in total. The summed E-state index contributed by atoms with van der Waals surface area (Å²) in [5.74, 6) is -0.0376. The van der Waals surface area contributed by atoms with Gasteiger partial charge in [0.05, 0.1) is 5.41 Å². The van der Waals surface area contributed by atoms with Gasteiger partial charge in [-0.25, -0.2) is 0 Å². The molecule has 0 radical (unpaired) electrons. The van der Waals surface area contributed by atoms with Crippen molar-refractivity contribution in [2.75, 3.05) is 0 Å². The van der Waals surface area contributed by atoms with E-state index in [1.54, 1.807) is 0 Å². The van der Waals surface area contributed by atoms with Crippen LogP contribution in [0.5, 0.6) is 0 Å². The third-order valence-electron chi connectivity index (χ3n) is 4.93.